The third-order valence-electron chi connectivity index (χ3n) is 1.89. The van der Waals surface area contributed by atoms with Gasteiger partial charge in [0.05, 0.1) is 0 Å². The Morgan fingerprint density at radius 2 is 1.94 bits per heavy atom. The normalized spacial score (nSPS) is 12.0. The Kier molecular flexibility index (Phi) is 7.25. The summed E-state index contributed by atoms with van der Waals surface area (Å²) in [6.07, 6.45) is 1.87. The fourth-order valence-corrected chi connectivity index (χ4v) is 0.982. The highest BCUT2D eigenvalue weighted by molar-refractivity contribution is 5.81. The molecule has 0 amide bonds. The van der Waals surface area contributed by atoms with Crippen molar-refractivity contribution in [2.75, 3.05) is 6.61 Å². The van der Waals surface area contributed by atoms with E-state index >= 15 is 0 Å². The smallest absolute Gasteiger partial charge is 0.330 e. The van der Waals surface area contributed by atoms with Crippen molar-refractivity contribution >= 4 is 11.9 Å². The Balaban J connectivity index is 3.69. The molecule has 0 spiro atoms. The van der Waals surface area contributed by atoms with Gasteiger partial charge in [-0.2, -0.15) is 0 Å². The van der Waals surface area contributed by atoms with Crippen LogP contribution in [0.5, 0.6) is 0 Å². The molecule has 0 saturated heterocycles. The molecule has 0 N–H and O–H groups in total. The summed E-state index contributed by atoms with van der Waals surface area (Å²) in [5.41, 5.74) is 0. The standard InChI is InChI=1S/C12H20O4/c1-5-11(13)15-8-10(4)16-12(14)7-6-9(2)3/h5,9-10H,1,6-8H2,2-4H3. The van der Waals surface area contributed by atoms with Gasteiger partial charge in [0, 0.05) is 12.5 Å². The number of ether oxygens (including phenoxy) is 2. The van der Waals surface area contributed by atoms with Gasteiger partial charge in [-0.1, -0.05) is 20.4 Å². The lowest BCUT2D eigenvalue weighted by Crippen LogP contribution is -2.21. The molecule has 0 aromatic carbocycles. The van der Waals surface area contributed by atoms with Gasteiger partial charge in [0.25, 0.3) is 0 Å². The van der Waals surface area contributed by atoms with Crippen LogP contribution in [0, 0.1) is 5.92 Å². The van der Waals surface area contributed by atoms with Crippen LogP contribution >= 0.6 is 0 Å². The number of esters is 2. The van der Waals surface area contributed by atoms with Crippen LogP contribution in [0.2, 0.25) is 0 Å². The monoisotopic (exact) mass is 228 g/mol. The lowest BCUT2D eigenvalue weighted by Gasteiger charge is -2.13. The van der Waals surface area contributed by atoms with E-state index in [1.54, 1.807) is 6.92 Å². The maximum Gasteiger partial charge on any atom is 0.330 e. The maximum absolute atomic E-state index is 11.3. The zero-order valence-electron chi connectivity index (χ0n) is 10.2. The summed E-state index contributed by atoms with van der Waals surface area (Å²) in [5, 5.41) is 0. The predicted octanol–water partition coefficient (Wildman–Crippen LogP) is 2.08. The highest BCUT2D eigenvalue weighted by Crippen LogP contribution is 2.06. The van der Waals surface area contributed by atoms with Crippen molar-refractivity contribution in [1.29, 1.82) is 0 Å². The lowest BCUT2D eigenvalue weighted by molar-refractivity contribution is -0.155. The Bertz CT molecular complexity index is 245. The summed E-state index contributed by atoms with van der Waals surface area (Å²) < 4.78 is 9.79. The highest BCUT2D eigenvalue weighted by Gasteiger charge is 2.11. The fourth-order valence-electron chi connectivity index (χ4n) is 0.982. The van der Waals surface area contributed by atoms with Crippen LogP contribution in [0.1, 0.15) is 33.6 Å². The van der Waals surface area contributed by atoms with Crippen LogP contribution in [0.25, 0.3) is 0 Å². The summed E-state index contributed by atoms with van der Waals surface area (Å²) in [7, 11) is 0. The second-order valence-corrected chi connectivity index (χ2v) is 4.07. The molecule has 0 aliphatic rings. The first-order valence-corrected chi connectivity index (χ1v) is 5.44. The molecule has 4 nitrogen and oxygen atoms in total. The minimum atomic E-state index is -0.509. The average Bonchev–Trinajstić information content (AvgIpc) is 2.23. The molecule has 0 aliphatic heterocycles. The molecule has 1 unspecified atom stereocenters. The summed E-state index contributed by atoms with van der Waals surface area (Å²) >= 11 is 0. The highest BCUT2D eigenvalue weighted by atomic mass is 16.6. The van der Waals surface area contributed by atoms with E-state index in [-0.39, 0.29) is 12.6 Å². The Morgan fingerprint density at radius 1 is 1.31 bits per heavy atom. The summed E-state index contributed by atoms with van der Waals surface area (Å²) in [6.45, 7) is 9.11. The van der Waals surface area contributed by atoms with E-state index in [0.29, 0.717) is 12.3 Å². The van der Waals surface area contributed by atoms with Crippen molar-refractivity contribution in [3.63, 3.8) is 0 Å². The molecule has 0 aromatic rings. The van der Waals surface area contributed by atoms with Crippen LogP contribution in [-0.4, -0.2) is 24.6 Å². The third kappa shape index (κ3) is 8.03. The van der Waals surface area contributed by atoms with Crippen molar-refractivity contribution < 1.29 is 19.1 Å². The van der Waals surface area contributed by atoms with Crippen molar-refractivity contribution in [3.8, 4) is 0 Å². The van der Waals surface area contributed by atoms with Crippen molar-refractivity contribution in [1.82, 2.24) is 0 Å². The Hall–Kier alpha value is -1.32. The zero-order valence-corrected chi connectivity index (χ0v) is 10.2. The maximum atomic E-state index is 11.3. The SMILES string of the molecule is C=CC(=O)OCC(C)OC(=O)CCC(C)C. The van der Waals surface area contributed by atoms with Crippen LogP contribution < -0.4 is 0 Å². The lowest BCUT2D eigenvalue weighted by atomic mass is 10.1. The first kappa shape index (κ1) is 14.7. The summed E-state index contributed by atoms with van der Waals surface area (Å²) in [4.78, 5) is 22.0. The first-order chi connectivity index (χ1) is 7.45. The molecule has 92 valence electrons. The molecule has 0 aromatic heterocycles. The van der Waals surface area contributed by atoms with E-state index in [9.17, 15) is 9.59 Å². The second kappa shape index (κ2) is 7.91. The largest absolute Gasteiger partial charge is 0.459 e. The van der Waals surface area contributed by atoms with E-state index < -0.39 is 12.1 Å². The van der Waals surface area contributed by atoms with Crippen LogP contribution in [-0.2, 0) is 19.1 Å². The molecule has 0 bridgehead atoms. The van der Waals surface area contributed by atoms with Gasteiger partial charge in [0.2, 0.25) is 0 Å². The summed E-state index contributed by atoms with van der Waals surface area (Å²) in [5.74, 6) is -0.289. The van der Waals surface area contributed by atoms with Gasteiger partial charge >= 0.3 is 11.9 Å². The number of hydrogen-bond donors (Lipinski definition) is 0. The minimum Gasteiger partial charge on any atom is -0.459 e. The molecule has 0 heterocycles. The fraction of sp³-hybridized carbons (Fsp3) is 0.667. The molecule has 1 atom stereocenters. The van der Waals surface area contributed by atoms with Gasteiger partial charge in [0.1, 0.15) is 12.7 Å². The third-order valence-corrected chi connectivity index (χ3v) is 1.89. The zero-order chi connectivity index (χ0) is 12.6. The average molecular weight is 228 g/mol. The van der Waals surface area contributed by atoms with Crippen molar-refractivity contribution in [3.05, 3.63) is 12.7 Å². The number of hydrogen-bond acceptors (Lipinski definition) is 4. The van der Waals surface area contributed by atoms with Crippen LogP contribution in [0.3, 0.4) is 0 Å². The van der Waals surface area contributed by atoms with E-state index in [0.717, 1.165) is 12.5 Å². The second-order valence-electron chi connectivity index (χ2n) is 4.07. The minimum absolute atomic E-state index is 0.0677. The summed E-state index contributed by atoms with van der Waals surface area (Å²) in [6, 6.07) is 0. The van der Waals surface area contributed by atoms with E-state index in [4.69, 9.17) is 9.47 Å². The van der Waals surface area contributed by atoms with E-state index in [2.05, 4.69) is 6.58 Å². The molecule has 0 saturated carbocycles. The van der Waals surface area contributed by atoms with E-state index in [1.807, 2.05) is 13.8 Å². The molecular formula is C12H20O4. The van der Waals surface area contributed by atoms with Crippen molar-refractivity contribution in [2.24, 2.45) is 5.92 Å². The van der Waals surface area contributed by atoms with Gasteiger partial charge in [-0.15, -0.1) is 0 Å². The Morgan fingerprint density at radius 3 is 2.44 bits per heavy atom. The molecule has 4 heteroatoms. The first-order valence-electron chi connectivity index (χ1n) is 5.44. The van der Waals surface area contributed by atoms with Gasteiger partial charge in [-0.3, -0.25) is 4.79 Å². The van der Waals surface area contributed by atoms with Crippen LogP contribution in [0.15, 0.2) is 12.7 Å². The number of carbonyl (C=O) groups excluding carboxylic acids is 2. The molecule has 0 rings (SSSR count). The van der Waals surface area contributed by atoms with Gasteiger partial charge in [-0.25, -0.2) is 4.79 Å². The van der Waals surface area contributed by atoms with Gasteiger partial charge in [0.15, 0.2) is 0 Å². The van der Waals surface area contributed by atoms with Gasteiger partial charge in [-0.05, 0) is 19.3 Å². The quantitative estimate of drug-likeness (QED) is 0.494. The molecule has 0 radical (unpaired) electrons. The molecule has 0 aliphatic carbocycles. The number of rotatable bonds is 7. The molecule has 0 fully saturated rings. The topological polar surface area (TPSA) is 52.6 Å². The van der Waals surface area contributed by atoms with Crippen molar-refractivity contribution in [2.45, 2.75) is 39.7 Å². The molecule has 16 heavy (non-hydrogen) atoms. The van der Waals surface area contributed by atoms with E-state index in [1.165, 1.54) is 0 Å². The Labute approximate surface area is 96.6 Å². The van der Waals surface area contributed by atoms with Crippen LogP contribution in [0.4, 0.5) is 0 Å². The van der Waals surface area contributed by atoms with Gasteiger partial charge < -0.3 is 9.47 Å². The molecular weight excluding hydrogens is 208 g/mol. The predicted molar refractivity (Wildman–Crippen MR) is 60.8 cm³/mol. The number of carbonyl (C=O) groups is 2.